The molecule has 0 atom stereocenters. The van der Waals surface area contributed by atoms with Crippen LogP contribution in [0.5, 0.6) is 5.75 Å². The van der Waals surface area contributed by atoms with E-state index in [1.54, 1.807) is 25.1 Å². The van der Waals surface area contributed by atoms with Crippen LogP contribution < -0.4 is 20.3 Å². The minimum atomic E-state index is -0.785. The first-order valence-corrected chi connectivity index (χ1v) is 9.50. The largest absolute Gasteiger partial charge is 0.495 e. The van der Waals surface area contributed by atoms with Gasteiger partial charge in [-0.05, 0) is 63.1 Å². The van der Waals surface area contributed by atoms with E-state index >= 15 is 0 Å². The molecule has 28 heavy (non-hydrogen) atoms. The maximum atomic E-state index is 12.4. The maximum absolute atomic E-state index is 12.4. The van der Waals surface area contributed by atoms with Crippen LogP contribution in [0.1, 0.15) is 25.0 Å². The highest BCUT2D eigenvalue weighted by Crippen LogP contribution is 2.31. The lowest BCUT2D eigenvalue weighted by Gasteiger charge is -2.22. The molecule has 6 nitrogen and oxygen atoms in total. The van der Waals surface area contributed by atoms with Crippen LogP contribution in [-0.2, 0) is 9.59 Å². The Labute approximate surface area is 170 Å². The Morgan fingerprint density at radius 3 is 2.11 bits per heavy atom. The van der Waals surface area contributed by atoms with Gasteiger partial charge in [0.25, 0.3) is 0 Å². The van der Waals surface area contributed by atoms with E-state index in [2.05, 4.69) is 29.4 Å². The number of rotatable bonds is 6. The highest BCUT2D eigenvalue weighted by Gasteiger charge is 2.18. The topological polar surface area (TPSA) is 70.7 Å². The van der Waals surface area contributed by atoms with Gasteiger partial charge in [-0.25, -0.2) is 0 Å². The number of nitrogens with one attached hydrogen (secondary N) is 2. The first kappa shape index (κ1) is 21.6. The summed E-state index contributed by atoms with van der Waals surface area (Å²) in [4.78, 5) is 26.9. The summed E-state index contributed by atoms with van der Waals surface area (Å²) in [5.41, 5.74) is 3.70. The molecule has 0 fully saturated rings. The average molecular weight is 404 g/mol. The molecule has 2 amide bonds. The number of hydrogen-bond acceptors (Lipinski definition) is 4. The van der Waals surface area contributed by atoms with Gasteiger partial charge in [0.2, 0.25) is 0 Å². The summed E-state index contributed by atoms with van der Waals surface area (Å²) in [6.45, 7) is 9.67. The fourth-order valence-electron chi connectivity index (χ4n) is 2.86. The quantitative estimate of drug-likeness (QED) is 0.702. The van der Waals surface area contributed by atoms with Crippen LogP contribution in [-0.4, -0.2) is 32.0 Å². The average Bonchev–Trinajstić information content (AvgIpc) is 2.67. The smallest absolute Gasteiger partial charge is 0.314 e. The monoisotopic (exact) mass is 403 g/mol. The van der Waals surface area contributed by atoms with Gasteiger partial charge in [0, 0.05) is 35.6 Å². The minimum Gasteiger partial charge on any atom is -0.495 e. The number of carbonyl (C=O) groups is 2. The van der Waals surface area contributed by atoms with Crippen molar-refractivity contribution in [3.8, 4) is 5.75 Å². The number of benzene rings is 2. The van der Waals surface area contributed by atoms with Crippen molar-refractivity contribution in [3.63, 3.8) is 0 Å². The second-order valence-corrected chi connectivity index (χ2v) is 6.79. The lowest BCUT2D eigenvalue weighted by Crippen LogP contribution is -2.29. The Kier molecular flexibility index (Phi) is 7.29. The van der Waals surface area contributed by atoms with Crippen LogP contribution in [0.4, 0.5) is 17.1 Å². The number of halogens is 1. The molecule has 2 rings (SSSR count). The van der Waals surface area contributed by atoms with Gasteiger partial charge in [-0.1, -0.05) is 11.6 Å². The van der Waals surface area contributed by atoms with Crippen LogP contribution in [0.2, 0.25) is 5.02 Å². The van der Waals surface area contributed by atoms with Gasteiger partial charge in [-0.3, -0.25) is 9.59 Å². The normalized spacial score (nSPS) is 10.4. The first-order chi connectivity index (χ1) is 13.3. The molecule has 0 aliphatic rings. The Balaban J connectivity index is 2.13. The van der Waals surface area contributed by atoms with Crippen molar-refractivity contribution in [2.45, 2.75) is 27.7 Å². The minimum absolute atomic E-state index is 0.386. The van der Waals surface area contributed by atoms with Gasteiger partial charge in [0.05, 0.1) is 12.8 Å². The zero-order valence-corrected chi connectivity index (χ0v) is 17.6. The fraction of sp³-hybridized carbons (Fsp3) is 0.333. The molecule has 2 aromatic rings. The third kappa shape index (κ3) is 4.95. The fourth-order valence-corrected chi connectivity index (χ4v) is 3.02. The van der Waals surface area contributed by atoms with E-state index in [9.17, 15) is 9.59 Å². The molecule has 0 unspecified atom stereocenters. The van der Waals surface area contributed by atoms with E-state index < -0.39 is 11.8 Å². The van der Waals surface area contributed by atoms with Crippen LogP contribution in [0.3, 0.4) is 0 Å². The predicted molar refractivity (Wildman–Crippen MR) is 115 cm³/mol. The molecule has 0 saturated heterocycles. The zero-order valence-electron chi connectivity index (χ0n) is 16.9. The number of amides is 2. The molecular weight excluding hydrogens is 378 g/mol. The Hall–Kier alpha value is -2.73. The van der Waals surface area contributed by atoms with Gasteiger partial charge >= 0.3 is 11.8 Å². The van der Waals surface area contributed by atoms with Crippen LogP contribution in [0.15, 0.2) is 30.3 Å². The third-order valence-electron chi connectivity index (χ3n) is 4.52. The molecule has 0 spiro atoms. The van der Waals surface area contributed by atoms with Crippen molar-refractivity contribution < 1.29 is 14.3 Å². The molecule has 0 bridgehead atoms. The maximum Gasteiger partial charge on any atom is 0.314 e. The Morgan fingerprint density at radius 1 is 0.964 bits per heavy atom. The number of hydrogen-bond donors (Lipinski definition) is 2. The molecule has 0 aliphatic carbocycles. The van der Waals surface area contributed by atoms with Crippen LogP contribution in [0, 0.1) is 13.8 Å². The van der Waals surface area contributed by atoms with E-state index in [1.807, 2.05) is 19.1 Å². The first-order valence-electron chi connectivity index (χ1n) is 9.12. The van der Waals surface area contributed by atoms with Crippen molar-refractivity contribution in [3.05, 3.63) is 46.5 Å². The molecule has 0 radical (unpaired) electrons. The van der Waals surface area contributed by atoms with Crippen LogP contribution >= 0.6 is 11.6 Å². The van der Waals surface area contributed by atoms with Crippen molar-refractivity contribution in [2.24, 2.45) is 0 Å². The van der Waals surface area contributed by atoms with E-state index in [-0.39, 0.29) is 0 Å². The van der Waals surface area contributed by atoms with Crippen molar-refractivity contribution in [2.75, 3.05) is 35.7 Å². The highest BCUT2D eigenvalue weighted by molar-refractivity contribution is 6.44. The summed E-state index contributed by atoms with van der Waals surface area (Å²) in [6.07, 6.45) is 0. The van der Waals surface area contributed by atoms with Crippen LogP contribution in [0.25, 0.3) is 0 Å². The van der Waals surface area contributed by atoms with E-state index in [4.69, 9.17) is 16.3 Å². The lowest BCUT2D eigenvalue weighted by atomic mass is 10.1. The second kappa shape index (κ2) is 9.46. The predicted octanol–water partition coefficient (Wildman–Crippen LogP) is 4.39. The molecule has 7 heteroatoms. The molecule has 0 heterocycles. The Bertz CT molecular complexity index is 879. The molecule has 0 aromatic heterocycles. The van der Waals surface area contributed by atoms with E-state index in [1.165, 1.54) is 7.11 Å². The summed E-state index contributed by atoms with van der Waals surface area (Å²) in [6, 6.07) is 8.99. The number of aryl methyl sites for hydroxylation is 2. The van der Waals surface area contributed by atoms with Gasteiger partial charge in [-0.2, -0.15) is 0 Å². The molecular formula is C21H26ClN3O3. The summed E-state index contributed by atoms with van der Waals surface area (Å²) >= 11 is 6.07. The van der Waals surface area contributed by atoms with Crippen molar-refractivity contribution in [1.82, 2.24) is 0 Å². The second-order valence-electron chi connectivity index (χ2n) is 6.38. The molecule has 2 N–H and O–H groups in total. The van der Waals surface area contributed by atoms with Crippen molar-refractivity contribution in [1.29, 1.82) is 0 Å². The lowest BCUT2D eigenvalue weighted by molar-refractivity contribution is -0.133. The summed E-state index contributed by atoms with van der Waals surface area (Å²) < 4.78 is 5.22. The third-order valence-corrected chi connectivity index (χ3v) is 4.93. The number of nitrogens with zero attached hydrogens (tertiary/aromatic N) is 1. The Morgan fingerprint density at radius 2 is 1.57 bits per heavy atom. The standard InChI is InChI=1S/C21H26ClN3O3/c1-6-25(7-2)15-8-9-17(14(4)10-15)23-20(26)21(27)24-18-11-13(3)16(22)12-19(18)28-5/h8-12H,6-7H2,1-5H3,(H,23,26)(H,24,27). The molecule has 2 aromatic carbocycles. The number of anilines is 3. The molecule has 0 saturated carbocycles. The SMILES string of the molecule is CCN(CC)c1ccc(NC(=O)C(=O)Nc2cc(C)c(Cl)cc2OC)c(C)c1. The number of carbonyl (C=O) groups excluding carboxylic acids is 2. The molecule has 150 valence electrons. The zero-order chi connectivity index (χ0) is 20.8. The summed E-state index contributed by atoms with van der Waals surface area (Å²) in [5.74, 6) is -1.16. The molecule has 0 aliphatic heterocycles. The number of ether oxygens (including phenoxy) is 1. The van der Waals surface area contributed by atoms with Gasteiger partial charge in [0.1, 0.15) is 5.75 Å². The summed E-state index contributed by atoms with van der Waals surface area (Å²) in [5, 5.41) is 5.75. The van der Waals surface area contributed by atoms with Gasteiger partial charge < -0.3 is 20.3 Å². The van der Waals surface area contributed by atoms with E-state index in [0.29, 0.717) is 22.1 Å². The van der Waals surface area contributed by atoms with E-state index in [0.717, 1.165) is 29.9 Å². The van der Waals surface area contributed by atoms with Crippen molar-refractivity contribution >= 4 is 40.5 Å². The van der Waals surface area contributed by atoms with Gasteiger partial charge in [0.15, 0.2) is 0 Å². The highest BCUT2D eigenvalue weighted by atomic mass is 35.5. The number of methoxy groups -OCH3 is 1. The van der Waals surface area contributed by atoms with Gasteiger partial charge in [-0.15, -0.1) is 0 Å². The summed E-state index contributed by atoms with van der Waals surface area (Å²) in [7, 11) is 1.47.